The summed E-state index contributed by atoms with van der Waals surface area (Å²) in [5, 5.41) is 11.3. The van der Waals surface area contributed by atoms with Crippen LogP contribution in [0.3, 0.4) is 0 Å². The smallest absolute Gasteiger partial charge is 0.326 e. The molecule has 0 fully saturated rings. The Hall–Kier alpha value is -1.79. The van der Waals surface area contributed by atoms with Gasteiger partial charge in [-0.2, -0.15) is 0 Å². The van der Waals surface area contributed by atoms with E-state index < -0.39 is 12.0 Å². The highest BCUT2D eigenvalue weighted by atomic mass is 16.4. The summed E-state index contributed by atoms with van der Waals surface area (Å²) in [4.78, 5) is 25.9. The van der Waals surface area contributed by atoms with Crippen LogP contribution in [-0.4, -0.2) is 35.5 Å². The van der Waals surface area contributed by atoms with Crippen molar-refractivity contribution < 1.29 is 14.7 Å². The summed E-state index contributed by atoms with van der Waals surface area (Å²) in [5.41, 5.74) is 10.2. The van der Waals surface area contributed by atoms with Gasteiger partial charge in [-0.3, -0.25) is 9.79 Å². The fourth-order valence-electron chi connectivity index (χ4n) is 1.26. The van der Waals surface area contributed by atoms with Crippen molar-refractivity contribution in [2.45, 2.75) is 38.6 Å². The number of carboxylic acid groups (broad SMARTS) is 1. The number of rotatable bonds is 8. The first-order chi connectivity index (χ1) is 7.97. The molecule has 98 valence electrons. The molecule has 0 radical (unpaired) electrons. The maximum atomic E-state index is 11.4. The van der Waals surface area contributed by atoms with Crippen LogP contribution in [0, 0.1) is 0 Å². The minimum absolute atomic E-state index is 0.0141. The summed E-state index contributed by atoms with van der Waals surface area (Å²) in [6.07, 6.45) is 1.83. The van der Waals surface area contributed by atoms with E-state index in [4.69, 9.17) is 16.6 Å². The van der Waals surface area contributed by atoms with Gasteiger partial charge < -0.3 is 21.9 Å². The minimum Gasteiger partial charge on any atom is -0.480 e. The standard InChI is InChI=1S/C10H20N4O3/c1-2-4-7(9(16)17)14-8(15)5-3-6-13-10(11)12/h7H,2-6H2,1H3,(H,14,15)(H,16,17)(H4,11,12,13). The number of aliphatic imine (C=N–C) groups is 1. The lowest BCUT2D eigenvalue weighted by Crippen LogP contribution is -2.40. The van der Waals surface area contributed by atoms with Gasteiger partial charge in [0.05, 0.1) is 0 Å². The van der Waals surface area contributed by atoms with Crippen molar-refractivity contribution in [2.24, 2.45) is 16.5 Å². The van der Waals surface area contributed by atoms with Crippen molar-refractivity contribution in [2.75, 3.05) is 6.54 Å². The van der Waals surface area contributed by atoms with E-state index in [1.54, 1.807) is 0 Å². The Morgan fingerprint density at radius 3 is 2.53 bits per heavy atom. The Morgan fingerprint density at radius 2 is 2.06 bits per heavy atom. The number of hydrogen-bond acceptors (Lipinski definition) is 3. The number of nitrogens with one attached hydrogen (secondary N) is 1. The lowest BCUT2D eigenvalue weighted by molar-refractivity contribution is -0.142. The molecule has 0 saturated carbocycles. The van der Waals surface area contributed by atoms with Crippen LogP contribution in [0.25, 0.3) is 0 Å². The summed E-state index contributed by atoms with van der Waals surface area (Å²) in [5.74, 6) is -1.32. The van der Waals surface area contributed by atoms with E-state index in [-0.39, 0.29) is 18.3 Å². The third-order valence-electron chi connectivity index (χ3n) is 2.07. The van der Waals surface area contributed by atoms with Gasteiger partial charge in [0.1, 0.15) is 6.04 Å². The summed E-state index contributed by atoms with van der Waals surface area (Å²) < 4.78 is 0. The second-order valence-electron chi connectivity index (χ2n) is 3.66. The number of hydrogen-bond donors (Lipinski definition) is 4. The van der Waals surface area contributed by atoms with E-state index in [1.165, 1.54) is 0 Å². The number of carbonyl (C=O) groups excluding carboxylic acids is 1. The third-order valence-corrected chi connectivity index (χ3v) is 2.07. The average Bonchev–Trinajstić information content (AvgIpc) is 2.23. The van der Waals surface area contributed by atoms with E-state index in [0.29, 0.717) is 25.8 Å². The number of aliphatic carboxylic acids is 1. The minimum atomic E-state index is -1.01. The highest BCUT2D eigenvalue weighted by Gasteiger charge is 2.17. The molecule has 0 aromatic heterocycles. The summed E-state index contributed by atoms with van der Waals surface area (Å²) >= 11 is 0. The van der Waals surface area contributed by atoms with Crippen molar-refractivity contribution in [3.63, 3.8) is 0 Å². The van der Waals surface area contributed by atoms with Crippen molar-refractivity contribution in [1.29, 1.82) is 0 Å². The third kappa shape index (κ3) is 8.06. The number of carboxylic acids is 1. The topological polar surface area (TPSA) is 131 Å². The Balaban J connectivity index is 3.90. The largest absolute Gasteiger partial charge is 0.480 e. The highest BCUT2D eigenvalue weighted by Crippen LogP contribution is 1.98. The molecule has 6 N–H and O–H groups in total. The van der Waals surface area contributed by atoms with Crippen molar-refractivity contribution in [3.05, 3.63) is 0 Å². The van der Waals surface area contributed by atoms with Crippen LogP contribution < -0.4 is 16.8 Å². The van der Waals surface area contributed by atoms with Crippen LogP contribution in [0.2, 0.25) is 0 Å². The quantitative estimate of drug-likeness (QED) is 0.257. The van der Waals surface area contributed by atoms with Crippen molar-refractivity contribution in [1.82, 2.24) is 5.32 Å². The molecule has 0 rings (SSSR count). The predicted molar refractivity (Wildman–Crippen MR) is 64.4 cm³/mol. The van der Waals surface area contributed by atoms with Crippen LogP contribution in [0.5, 0.6) is 0 Å². The van der Waals surface area contributed by atoms with Gasteiger partial charge in [0, 0.05) is 13.0 Å². The van der Waals surface area contributed by atoms with Gasteiger partial charge in [0.25, 0.3) is 0 Å². The number of carbonyl (C=O) groups is 2. The zero-order valence-corrected chi connectivity index (χ0v) is 9.98. The van der Waals surface area contributed by atoms with Gasteiger partial charge in [-0.25, -0.2) is 4.79 Å². The molecule has 0 saturated heterocycles. The molecule has 17 heavy (non-hydrogen) atoms. The summed E-state index contributed by atoms with van der Waals surface area (Å²) in [7, 11) is 0. The summed E-state index contributed by atoms with van der Waals surface area (Å²) in [6, 6.07) is -0.810. The Bertz CT molecular complexity index is 287. The Labute approximate surface area is 100 Å². The number of nitrogens with zero attached hydrogens (tertiary/aromatic N) is 1. The first-order valence-electron chi connectivity index (χ1n) is 5.55. The van der Waals surface area contributed by atoms with Crippen molar-refractivity contribution in [3.8, 4) is 0 Å². The molecule has 0 aliphatic heterocycles. The molecular weight excluding hydrogens is 224 g/mol. The number of guanidine groups is 1. The number of nitrogens with two attached hydrogens (primary N) is 2. The van der Waals surface area contributed by atoms with Gasteiger partial charge in [0.2, 0.25) is 5.91 Å². The fraction of sp³-hybridized carbons (Fsp3) is 0.700. The van der Waals surface area contributed by atoms with Crippen LogP contribution in [0.1, 0.15) is 32.6 Å². The second kappa shape index (κ2) is 8.37. The van der Waals surface area contributed by atoms with Gasteiger partial charge in [0.15, 0.2) is 5.96 Å². The molecule has 7 heteroatoms. The molecule has 0 aromatic carbocycles. The SMILES string of the molecule is CCCC(NC(=O)CCCN=C(N)N)C(=O)O. The molecule has 0 aliphatic carbocycles. The normalized spacial score (nSPS) is 11.6. The second-order valence-corrected chi connectivity index (χ2v) is 3.66. The Morgan fingerprint density at radius 1 is 1.41 bits per heavy atom. The average molecular weight is 244 g/mol. The van der Waals surface area contributed by atoms with Crippen LogP contribution >= 0.6 is 0 Å². The molecule has 0 aliphatic rings. The van der Waals surface area contributed by atoms with Crippen molar-refractivity contribution >= 4 is 17.8 Å². The van der Waals surface area contributed by atoms with E-state index in [2.05, 4.69) is 10.3 Å². The maximum absolute atomic E-state index is 11.4. The first kappa shape index (κ1) is 15.2. The van der Waals surface area contributed by atoms with Gasteiger partial charge in [-0.1, -0.05) is 13.3 Å². The van der Waals surface area contributed by atoms with E-state index in [1.807, 2.05) is 6.92 Å². The van der Waals surface area contributed by atoms with E-state index >= 15 is 0 Å². The maximum Gasteiger partial charge on any atom is 0.326 e. The van der Waals surface area contributed by atoms with Gasteiger partial charge in [-0.15, -0.1) is 0 Å². The Kier molecular flexibility index (Phi) is 7.49. The van der Waals surface area contributed by atoms with Crippen LogP contribution in [-0.2, 0) is 9.59 Å². The molecular formula is C10H20N4O3. The molecule has 1 atom stereocenters. The van der Waals surface area contributed by atoms with Gasteiger partial charge >= 0.3 is 5.97 Å². The molecule has 0 aromatic rings. The van der Waals surface area contributed by atoms with Crippen LogP contribution in [0.4, 0.5) is 0 Å². The lowest BCUT2D eigenvalue weighted by atomic mass is 10.1. The van der Waals surface area contributed by atoms with Gasteiger partial charge in [-0.05, 0) is 12.8 Å². The van der Waals surface area contributed by atoms with E-state index in [0.717, 1.165) is 0 Å². The number of amides is 1. The molecule has 0 spiro atoms. The molecule has 0 bridgehead atoms. The molecule has 1 unspecified atom stereocenters. The van der Waals surface area contributed by atoms with Crippen LogP contribution in [0.15, 0.2) is 4.99 Å². The zero-order valence-electron chi connectivity index (χ0n) is 9.98. The monoisotopic (exact) mass is 244 g/mol. The first-order valence-corrected chi connectivity index (χ1v) is 5.55. The lowest BCUT2D eigenvalue weighted by Gasteiger charge is -2.13. The van der Waals surface area contributed by atoms with E-state index in [9.17, 15) is 9.59 Å². The molecule has 1 amide bonds. The highest BCUT2D eigenvalue weighted by molar-refractivity contribution is 5.83. The zero-order chi connectivity index (χ0) is 13.3. The molecule has 7 nitrogen and oxygen atoms in total. The predicted octanol–water partition coefficient (Wildman–Crippen LogP) is -0.590. The molecule has 0 heterocycles. The summed E-state index contributed by atoms with van der Waals surface area (Å²) in [6.45, 7) is 2.22. The fourth-order valence-corrected chi connectivity index (χ4v) is 1.26.